The molecular weight excluding hydrogens is 312 g/mol. The van der Waals surface area contributed by atoms with E-state index in [1.807, 2.05) is 30.3 Å². The average molecular weight is 329 g/mol. The SMILES string of the molecule is C=CC(=O)CC1COc2cc(Oc3ccc(Cl)cc3)ccc2C1. The first-order valence-electron chi connectivity index (χ1n) is 7.48. The van der Waals surface area contributed by atoms with E-state index in [2.05, 4.69) is 6.58 Å². The lowest BCUT2D eigenvalue weighted by Crippen LogP contribution is -2.22. The van der Waals surface area contributed by atoms with Gasteiger partial charge in [-0.25, -0.2) is 0 Å². The lowest BCUT2D eigenvalue weighted by Gasteiger charge is -2.25. The topological polar surface area (TPSA) is 35.5 Å². The van der Waals surface area contributed by atoms with Gasteiger partial charge in [0, 0.05) is 23.4 Å². The van der Waals surface area contributed by atoms with Crippen LogP contribution >= 0.6 is 11.6 Å². The van der Waals surface area contributed by atoms with Gasteiger partial charge in [-0.15, -0.1) is 0 Å². The van der Waals surface area contributed by atoms with E-state index in [-0.39, 0.29) is 11.7 Å². The molecule has 0 saturated carbocycles. The fourth-order valence-corrected chi connectivity index (χ4v) is 2.74. The largest absolute Gasteiger partial charge is 0.493 e. The first-order valence-corrected chi connectivity index (χ1v) is 7.86. The van der Waals surface area contributed by atoms with E-state index in [0.717, 1.165) is 23.5 Å². The standard InChI is InChI=1S/C19H17ClO3/c1-2-16(21)10-13-9-14-3-6-18(11-19(14)22-12-13)23-17-7-4-15(20)5-8-17/h2-8,11,13H,1,9-10,12H2. The number of fused-ring (bicyclic) bond motifs is 1. The van der Waals surface area contributed by atoms with Crippen molar-refractivity contribution in [3.63, 3.8) is 0 Å². The lowest BCUT2D eigenvalue weighted by molar-refractivity contribution is -0.115. The minimum Gasteiger partial charge on any atom is -0.493 e. The van der Waals surface area contributed by atoms with Crippen molar-refractivity contribution in [1.29, 1.82) is 0 Å². The van der Waals surface area contributed by atoms with E-state index in [1.165, 1.54) is 6.08 Å². The van der Waals surface area contributed by atoms with E-state index in [9.17, 15) is 4.79 Å². The first-order chi connectivity index (χ1) is 11.1. The number of ketones is 1. The third-order valence-corrected chi connectivity index (χ3v) is 4.04. The Bertz CT molecular complexity index is 722. The Morgan fingerprint density at radius 1 is 1.26 bits per heavy atom. The molecule has 1 atom stereocenters. The number of allylic oxidation sites excluding steroid dienone is 1. The third-order valence-electron chi connectivity index (χ3n) is 3.79. The molecule has 0 fully saturated rings. The van der Waals surface area contributed by atoms with Crippen LogP contribution in [0, 0.1) is 5.92 Å². The molecule has 1 heterocycles. The minimum atomic E-state index is 0.0599. The van der Waals surface area contributed by atoms with Crippen LogP contribution in [-0.2, 0) is 11.2 Å². The Labute approximate surface area is 140 Å². The van der Waals surface area contributed by atoms with Crippen LogP contribution in [0.3, 0.4) is 0 Å². The number of carbonyl (C=O) groups is 1. The van der Waals surface area contributed by atoms with Gasteiger partial charge < -0.3 is 9.47 Å². The summed E-state index contributed by atoms with van der Waals surface area (Å²) < 4.78 is 11.6. The van der Waals surface area contributed by atoms with Gasteiger partial charge in [-0.2, -0.15) is 0 Å². The lowest BCUT2D eigenvalue weighted by atomic mass is 9.92. The molecule has 4 heteroatoms. The molecule has 1 unspecified atom stereocenters. The first kappa shape index (κ1) is 15.6. The van der Waals surface area contributed by atoms with Gasteiger partial charge in [-0.05, 0) is 48.4 Å². The molecule has 1 aliphatic rings. The molecule has 2 aromatic rings. The molecule has 0 radical (unpaired) electrons. The Kier molecular flexibility index (Phi) is 4.68. The molecule has 2 aromatic carbocycles. The zero-order valence-corrected chi connectivity index (χ0v) is 13.4. The van der Waals surface area contributed by atoms with Gasteiger partial charge in [-0.1, -0.05) is 24.2 Å². The molecule has 3 rings (SSSR count). The molecule has 118 valence electrons. The van der Waals surface area contributed by atoms with Crippen LogP contribution in [0.15, 0.2) is 55.1 Å². The van der Waals surface area contributed by atoms with Crippen LogP contribution in [0.2, 0.25) is 5.02 Å². The highest BCUT2D eigenvalue weighted by molar-refractivity contribution is 6.30. The number of carbonyl (C=O) groups excluding carboxylic acids is 1. The second-order valence-corrected chi connectivity index (χ2v) is 6.02. The molecule has 0 amide bonds. The Balaban J connectivity index is 1.70. The van der Waals surface area contributed by atoms with Crippen LogP contribution in [0.1, 0.15) is 12.0 Å². The van der Waals surface area contributed by atoms with Crippen molar-refractivity contribution in [3.05, 3.63) is 65.7 Å². The molecule has 1 aliphatic heterocycles. The zero-order chi connectivity index (χ0) is 16.2. The average Bonchev–Trinajstić information content (AvgIpc) is 2.57. The Hall–Kier alpha value is -2.26. The van der Waals surface area contributed by atoms with Crippen molar-refractivity contribution in [2.45, 2.75) is 12.8 Å². The predicted molar refractivity (Wildman–Crippen MR) is 90.5 cm³/mol. The number of benzene rings is 2. The molecule has 0 spiro atoms. The number of halogens is 1. The highest BCUT2D eigenvalue weighted by Gasteiger charge is 2.22. The number of rotatable bonds is 5. The normalized spacial score (nSPS) is 16.1. The Morgan fingerprint density at radius 2 is 2.00 bits per heavy atom. The van der Waals surface area contributed by atoms with Crippen molar-refractivity contribution >= 4 is 17.4 Å². The van der Waals surface area contributed by atoms with Gasteiger partial charge in [0.2, 0.25) is 0 Å². The van der Waals surface area contributed by atoms with Crippen molar-refractivity contribution in [3.8, 4) is 17.2 Å². The van der Waals surface area contributed by atoms with Crippen molar-refractivity contribution in [2.24, 2.45) is 5.92 Å². The molecule has 23 heavy (non-hydrogen) atoms. The minimum absolute atomic E-state index is 0.0599. The summed E-state index contributed by atoms with van der Waals surface area (Å²) >= 11 is 5.86. The predicted octanol–water partition coefficient (Wildman–Crippen LogP) is 4.83. The van der Waals surface area contributed by atoms with Gasteiger partial charge >= 0.3 is 0 Å². The monoisotopic (exact) mass is 328 g/mol. The van der Waals surface area contributed by atoms with Crippen LogP contribution in [0.5, 0.6) is 17.2 Å². The van der Waals surface area contributed by atoms with Crippen molar-refractivity contribution in [2.75, 3.05) is 6.61 Å². The molecule has 0 saturated heterocycles. The summed E-state index contributed by atoms with van der Waals surface area (Å²) in [6.45, 7) is 4.05. The van der Waals surface area contributed by atoms with Gasteiger partial charge in [0.1, 0.15) is 17.2 Å². The van der Waals surface area contributed by atoms with E-state index in [1.54, 1.807) is 12.1 Å². The third kappa shape index (κ3) is 3.93. The maximum absolute atomic E-state index is 11.5. The Morgan fingerprint density at radius 3 is 2.74 bits per heavy atom. The summed E-state index contributed by atoms with van der Waals surface area (Å²) in [5.41, 5.74) is 1.10. The van der Waals surface area contributed by atoms with Gasteiger partial charge in [0.25, 0.3) is 0 Å². The van der Waals surface area contributed by atoms with Gasteiger partial charge in [-0.3, -0.25) is 4.79 Å². The number of ether oxygens (including phenoxy) is 2. The maximum Gasteiger partial charge on any atom is 0.155 e. The van der Waals surface area contributed by atoms with Crippen LogP contribution < -0.4 is 9.47 Å². The smallest absolute Gasteiger partial charge is 0.155 e. The molecule has 0 bridgehead atoms. The molecular formula is C19H17ClO3. The highest BCUT2D eigenvalue weighted by Crippen LogP contribution is 2.34. The van der Waals surface area contributed by atoms with Crippen LogP contribution in [0.4, 0.5) is 0 Å². The summed E-state index contributed by atoms with van der Waals surface area (Å²) in [4.78, 5) is 11.5. The molecule has 3 nitrogen and oxygen atoms in total. The summed E-state index contributed by atoms with van der Waals surface area (Å²) in [6.07, 6.45) is 2.68. The van der Waals surface area contributed by atoms with E-state index in [0.29, 0.717) is 23.8 Å². The maximum atomic E-state index is 11.5. The van der Waals surface area contributed by atoms with Crippen LogP contribution in [0.25, 0.3) is 0 Å². The van der Waals surface area contributed by atoms with Crippen LogP contribution in [-0.4, -0.2) is 12.4 Å². The summed E-state index contributed by atoms with van der Waals surface area (Å²) in [5.74, 6) is 2.52. The highest BCUT2D eigenvalue weighted by atomic mass is 35.5. The molecule has 0 N–H and O–H groups in total. The zero-order valence-electron chi connectivity index (χ0n) is 12.6. The summed E-state index contributed by atoms with van der Waals surface area (Å²) in [5, 5.41) is 0.672. The second-order valence-electron chi connectivity index (χ2n) is 5.58. The van der Waals surface area contributed by atoms with Crippen molar-refractivity contribution < 1.29 is 14.3 Å². The van der Waals surface area contributed by atoms with Gasteiger partial charge in [0.15, 0.2) is 5.78 Å². The van der Waals surface area contributed by atoms with E-state index in [4.69, 9.17) is 21.1 Å². The summed E-state index contributed by atoms with van der Waals surface area (Å²) in [7, 11) is 0. The fraction of sp³-hybridized carbons (Fsp3) is 0.211. The number of hydrogen-bond donors (Lipinski definition) is 0. The second kappa shape index (κ2) is 6.88. The molecule has 0 aromatic heterocycles. The van der Waals surface area contributed by atoms with E-state index < -0.39 is 0 Å². The number of hydrogen-bond acceptors (Lipinski definition) is 3. The quantitative estimate of drug-likeness (QED) is 0.737. The fourth-order valence-electron chi connectivity index (χ4n) is 2.62. The van der Waals surface area contributed by atoms with Gasteiger partial charge in [0.05, 0.1) is 6.61 Å². The van der Waals surface area contributed by atoms with Crippen molar-refractivity contribution in [1.82, 2.24) is 0 Å². The molecule has 0 aliphatic carbocycles. The summed E-state index contributed by atoms with van der Waals surface area (Å²) in [6, 6.07) is 13.0. The van der Waals surface area contributed by atoms with E-state index >= 15 is 0 Å².